The first-order valence-corrected chi connectivity index (χ1v) is 15.6. The summed E-state index contributed by atoms with van der Waals surface area (Å²) >= 11 is 0. The molecule has 14 nitrogen and oxygen atoms in total. The third-order valence-corrected chi connectivity index (χ3v) is 9.25. The summed E-state index contributed by atoms with van der Waals surface area (Å²) in [6, 6.07) is 16.5. The topological polar surface area (TPSA) is 171 Å². The molecular formula is C30H33N7O7S. The number of fused-ring (bicyclic) bond motifs is 2. The summed E-state index contributed by atoms with van der Waals surface area (Å²) in [5.41, 5.74) is 4.43. The monoisotopic (exact) mass is 635 g/mol. The minimum absolute atomic E-state index is 0.167. The van der Waals surface area contributed by atoms with Crippen LogP contribution >= 0.6 is 0 Å². The number of hydrogen-bond donors (Lipinski definition) is 2. The van der Waals surface area contributed by atoms with Crippen LogP contribution in [0.3, 0.4) is 0 Å². The summed E-state index contributed by atoms with van der Waals surface area (Å²) in [6.07, 6.45) is 0. The Labute approximate surface area is 259 Å². The van der Waals surface area contributed by atoms with Crippen molar-refractivity contribution in [3.05, 3.63) is 93.2 Å². The van der Waals surface area contributed by atoms with Gasteiger partial charge < -0.3 is 14.7 Å². The fraction of sp³-hybridized carbons (Fsp3) is 0.300. The normalized spacial score (nSPS) is 13.0. The Balaban J connectivity index is 1.29. The van der Waals surface area contributed by atoms with Crippen LogP contribution in [0, 0.1) is 24.0 Å². The van der Waals surface area contributed by atoms with Crippen LogP contribution in [0.4, 0.5) is 11.4 Å². The number of likely N-dealkylation sites (N-methyl/N-ethyl adjacent to an activating group) is 1. The maximum absolute atomic E-state index is 13.5. The van der Waals surface area contributed by atoms with Gasteiger partial charge in [0.2, 0.25) is 15.9 Å². The maximum Gasteiger partial charge on any atom is 0.289 e. The fourth-order valence-electron chi connectivity index (χ4n) is 5.16. The average molecular weight is 636 g/mol. The largest absolute Gasteiger partial charge is 0.376 e. The second kappa shape index (κ2) is 13.0. The predicted octanol–water partition coefficient (Wildman–Crippen LogP) is 2.96. The van der Waals surface area contributed by atoms with Crippen LogP contribution in [0.2, 0.25) is 0 Å². The number of aryl methyl sites for hydroxylation is 2. The van der Waals surface area contributed by atoms with Gasteiger partial charge in [-0.15, -0.1) is 0 Å². The lowest BCUT2D eigenvalue weighted by Crippen LogP contribution is -2.49. The highest BCUT2D eigenvalue weighted by molar-refractivity contribution is 7.89. The molecule has 15 heteroatoms. The molecule has 5 rings (SSSR count). The van der Waals surface area contributed by atoms with Gasteiger partial charge >= 0.3 is 0 Å². The number of carbonyl (C=O) groups is 2. The standard InChI is InChI=1S/C30H33N7O7S/c1-20-14-24-21(2)33-44-27(24)15-25(20)31-16-29(38)35(13-12-32-45(42,43)28-11-7-6-10-26(28)37(40)41)19-30(39)34(3)36-17-22-8-4-5-9-23(22)18-36/h4-11,14-15,31-32H,12-13,16-19H2,1-3H3. The number of hydrogen-bond acceptors (Lipinski definition) is 10. The van der Waals surface area contributed by atoms with Gasteiger partial charge in [0.1, 0.15) is 6.54 Å². The maximum atomic E-state index is 13.5. The molecule has 1 aliphatic heterocycles. The van der Waals surface area contributed by atoms with E-state index in [1.165, 1.54) is 22.0 Å². The molecule has 0 aliphatic carbocycles. The van der Waals surface area contributed by atoms with Crippen molar-refractivity contribution in [3.8, 4) is 0 Å². The Hall–Kier alpha value is -4.86. The number of amides is 2. The van der Waals surface area contributed by atoms with Gasteiger partial charge in [-0.2, -0.15) is 0 Å². The molecule has 0 saturated heterocycles. The molecular weight excluding hydrogens is 602 g/mol. The number of hydrazine groups is 1. The van der Waals surface area contributed by atoms with Crippen LogP contribution < -0.4 is 10.0 Å². The smallest absolute Gasteiger partial charge is 0.289 e. The van der Waals surface area contributed by atoms with Crippen LogP contribution in [-0.4, -0.2) is 78.5 Å². The number of sulfonamides is 1. The van der Waals surface area contributed by atoms with E-state index in [0.717, 1.165) is 39.9 Å². The first-order chi connectivity index (χ1) is 21.4. The van der Waals surface area contributed by atoms with Crippen LogP contribution in [-0.2, 0) is 32.7 Å². The number of carbonyl (C=O) groups excluding carboxylic acids is 2. The van der Waals surface area contributed by atoms with Crippen molar-refractivity contribution >= 4 is 44.2 Å². The number of rotatable bonds is 12. The molecule has 236 valence electrons. The average Bonchev–Trinajstić information content (AvgIpc) is 3.61. The molecule has 2 N–H and O–H groups in total. The summed E-state index contributed by atoms with van der Waals surface area (Å²) in [7, 11) is -2.66. The lowest BCUT2D eigenvalue weighted by Gasteiger charge is -2.31. The Morgan fingerprint density at radius 3 is 2.40 bits per heavy atom. The van der Waals surface area contributed by atoms with Gasteiger partial charge in [0.05, 0.1) is 17.2 Å². The van der Waals surface area contributed by atoms with Gasteiger partial charge in [-0.05, 0) is 42.7 Å². The zero-order valence-electron chi connectivity index (χ0n) is 25.0. The van der Waals surface area contributed by atoms with E-state index in [2.05, 4.69) is 15.2 Å². The van der Waals surface area contributed by atoms with Crippen molar-refractivity contribution in [2.45, 2.75) is 31.8 Å². The van der Waals surface area contributed by atoms with Crippen LogP contribution in [0.5, 0.6) is 0 Å². The highest BCUT2D eigenvalue weighted by Crippen LogP contribution is 2.26. The van der Waals surface area contributed by atoms with Crippen molar-refractivity contribution in [2.75, 3.05) is 38.5 Å². The molecule has 0 radical (unpaired) electrons. The van der Waals surface area contributed by atoms with Gasteiger partial charge in [-0.1, -0.05) is 41.6 Å². The molecule has 2 amide bonds. The van der Waals surface area contributed by atoms with E-state index >= 15 is 0 Å². The number of anilines is 1. The molecule has 0 spiro atoms. The number of aromatic nitrogens is 1. The minimum Gasteiger partial charge on any atom is -0.376 e. The van der Waals surface area contributed by atoms with Crippen molar-refractivity contribution in [1.29, 1.82) is 0 Å². The second-order valence-electron chi connectivity index (χ2n) is 10.7. The van der Waals surface area contributed by atoms with Gasteiger partial charge in [0.25, 0.3) is 11.6 Å². The zero-order valence-corrected chi connectivity index (χ0v) is 25.8. The number of benzene rings is 3. The lowest BCUT2D eigenvalue weighted by molar-refractivity contribution is -0.387. The summed E-state index contributed by atoms with van der Waals surface area (Å²) in [5, 5.41) is 22.6. The van der Waals surface area contributed by atoms with Gasteiger partial charge in [0, 0.05) is 56.4 Å². The van der Waals surface area contributed by atoms with Crippen LogP contribution in [0.25, 0.3) is 11.0 Å². The summed E-state index contributed by atoms with van der Waals surface area (Å²) < 4.78 is 33.6. The fourth-order valence-corrected chi connectivity index (χ4v) is 6.35. The van der Waals surface area contributed by atoms with E-state index in [1.807, 2.05) is 49.2 Å². The van der Waals surface area contributed by atoms with E-state index in [4.69, 9.17) is 4.52 Å². The Morgan fingerprint density at radius 2 is 1.71 bits per heavy atom. The molecule has 0 bridgehead atoms. The number of nitro groups is 1. The molecule has 3 aromatic carbocycles. The first-order valence-electron chi connectivity index (χ1n) is 14.1. The van der Waals surface area contributed by atoms with E-state index in [9.17, 15) is 28.1 Å². The predicted molar refractivity (Wildman–Crippen MR) is 165 cm³/mol. The molecule has 0 saturated carbocycles. The van der Waals surface area contributed by atoms with Crippen molar-refractivity contribution in [3.63, 3.8) is 0 Å². The number of nitro benzene ring substituents is 1. The van der Waals surface area contributed by atoms with Gasteiger partial charge in [-0.25, -0.2) is 18.1 Å². The highest BCUT2D eigenvalue weighted by Gasteiger charge is 2.28. The number of para-hydroxylation sites is 1. The molecule has 45 heavy (non-hydrogen) atoms. The van der Waals surface area contributed by atoms with Gasteiger partial charge in [0.15, 0.2) is 10.5 Å². The number of nitrogens with zero attached hydrogens (tertiary/aromatic N) is 5. The minimum atomic E-state index is -4.29. The van der Waals surface area contributed by atoms with E-state index < -0.39 is 31.4 Å². The summed E-state index contributed by atoms with van der Waals surface area (Å²) in [6.45, 7) is 3.81. The highest BCUT2D eigenvalue weighted by atomic mass is 32.2. The Kier molecular flexibility index (Phi) is 9.13. The SMILES string of the molecule is Cc1cc2c(C)noc2cc1NCC(=O)N(CCNS(=O)(=O)c1ccccc1[N+](=O)[O-])CC(=O)N(C)N1Cc2ccccc2C1. The lowest BCUT2D eigenvalue weighted by atomic mass is 10.1. The molecule has 0 atom stereocenters. The summed E-state index contributed by atoms with van der Waals surface area (Å²) in [5.74, 6) is -0.827. The molecule has 2 heterocycles. The van der Waals surface area contributed by atoms with Crippen molar-refractivity contribution in [1.82, 2.24) is 24.8 Å². The van der Waals surface area contributed by atoms with Crippen molar-refractivity contribution in [2.24, 2.45) is 0 Å². The second-order valence-corrected chi connectivity index (χ2v) is 12.5. The Bertz CT molecular complexity index is 1850. The van der Waals surface area contributed by atoms with E-state index in [-0.39, 0.29) is 32.1 Å². The molecule has 0 fully saturated rings. The summed E-state index contributed by atoms with van der Waals surface area (Å²) in [4.78, 5) is 38.3. The third-order valence-electron chi connectivity index (χ3n) is 7.74. The zero-order chi connectivity index (χ0) is 32.3. The first kappa shape index (κ1) is 31.6. The van der Waals surface area contributed by atoms with E-state index in [0.29, 0.717) is 24.4 Å². The molecule has 1 aromatic heterocycles. The van der Waals surface area contributed by atoms with Crippen LogP contribution in [0.1, 0.15) is 22.4 Å². The Morgan fingerprint density at radius 1 is 1.04 bits per heavy atom. The van der Waals surface area contributed by atoms with E-state index in [1.54, 1.807) is 13.1 Å². The quantitative estimate of drug-likeness (QED) is 0.174. The molecule has 0 unspecified atom stereocenters. The molecule has 4 aromatic rings. The molecule has 1 aliphatic rings. The van der Waals surface area contributed by atoms with Gasteiger partial charge in [-0.3, -0.25) is 24.7 Å². The number of nitrogens with one attached hydrogen (secondary N) is 2. The third kappa shape index (κ3) is 6.95. The van der Waals surface area contributed by atoms with Crippen molar-refractivity contribution < 1.29 is 27.5 Å². The van der Waals surface area contributed by atoms with Crippen LogP contribution in [0.15, 0.2) is 70.1 Å².